The number of sulfonamides is 1. The fourth-order valence-corrected chi connectivity index (χ4v) is 6.60. The third kappa shape index (κ3) is 4.02. The number of hydrogen-bond donors (Lipinski definition) is 0. The number of carbonyl (C=O) groups is 1. The Kier molecular flexibility index (Phi) is 6.48. The third-order valence-electron chi connectivity index (χ3n) is 6.16. The lowest BCUT2D eigenvalue weighted by atomic mass is 10.1. The Morgan fingerprint density at radius 1 is 1.00 bits per heavy atom. The summed E-state index contributed by atoms with van der Waals surface area (Å²) in [4.78, 5) is 15.3. The van der Waals surface area contributed by atoms with E-state index in [2.05, 4.69) is 0 Å². The molecule has 4 rings (SSSR count). The Morgan fingerprint density at radius 3 is 2.15 bits per heavy atom. The molecule has 2 aromatic rings. The van der Waals surface area contributed by atoms with Crippen LogP contribution < -0.4 is 19.1 Å². The van der Waals surface area contributed by atoms with Gasteiger partial charge in [0.1, 0.15) is 4.90 Å². The van der Waals surface area contributed by atoms with E-state index in [1.807, 2.05) is 6.92 Å². The lowest BCUT2D eigenvalue weighted by Crippen LogP contribution is -2.35. The first-order chi connectivity index (χ1) is 15.7. The molecule has 178 valence electrons. The lowest BCUT2D eigenvalue weighted by Gasteiger charge is -2.24. The number of methoxy groups -OCH3 is 3. The van der Waals surface area contributed by atoms with Crippen LogP contribution in [0.25, 0.3) is 0 Å². The van der Waals surface area contributed by atoms with Crippen LogP contribution in [0.5, 0.6) is 17.2 Å². The summed E-state index contributed by atoms with van der Waals surface area (Å²) < 4.78 is 43.8. The van der Waals surface area contributed by atoms with Gasteiger partial charge in [-0.2, -0.15) is 4.31 Å². The highest BCUT2D eigenvalue weighted by molar-refractivity contribution is 7.89. The Hall–Kier alpha value is -2.49. The van der Waals surface area contributed by atoms with Crippen LogP contribution in [0.15, 0.2) is 29.2 Å². The van der Waals surface area contributed by atoms with Crippen molar-refractivity contribution in [2.45, 2.75) is 37.1 Å². The van der Waals surface area contributed by atoms with E-state index in [9.17, 15) is 13.2 Å². The fourth-order valence-electron chi connectivity index (χ4n) is 4.54. The third-order valence-corrected chi connectivity index (χ3v) is 8.53. The number of anilines is 1. The van der Waals surface area contributed by atoms with E-state index in [1.165, 1.54) is 25.6 Å². The van der Waals surface area contributed by atoms with E-state index >= 15 is 0 Å². The van der Waals surface area contributed by atoms with Crippen molar-refractivity contribution in [1.82, 2.24) is 4.31 Å². The minimum atomic E-state index is -3.67. The predicted octanol–water partition coefficient (Wildman–Crippen LogP) is 3.74. The summed E-state index contributed by atoms with van der Waals surface area (Å²) in [5.74, 6) is 0.868. The molecule has 0 aliphatic carbocycles. The summed E-state index contributed by atoms with van der Waals surface area (Å²) in [5, 5.41) is 0.109. The monoisotopic (exact) mass is 494 g/mol. The molecule has 2 aliphatic heterocycles. The molecule has 0 aromatic heterocycles. The van der Waals surface area contributed by atoms with Gasteiger partial charge in [-0.3, -0.25) is 4.79 Å². The molecule has 10 heteroatoms. The summed E-state index contributed by atoms with van der Waals surface area (Å²) in [6.07, 6.45) is 2.21. The van der Waals surface area contributed by atoms with Gasteiger partial charge in [0.15, 0.2) is 11.5 Å². The minimum absolute atomic E-state index is 0.0964. The van der Waals surface area contributed by atoms with Crippen molar-refractivity contribution in [3.8, 4) is 17.2 Å². The van der Waals surface area contributed by atoms with Gasteiger partial charge in [0.05, 0.1) is 26.4 Å². The second kappa shape index (κ2) is 9.04. The van der Waals surface area contributed by atoms with Crippen LogP contribution in [0.3, 0.4) is 0 Å². The molecule has 0 spiro atoms. The number of halogens is 1. The second-order valence-corrected chi connectivity index (χ2v) is 10.5. The van der Waals surface area contributed by atoms with Crippen LogP contribution >= 0.6 is 11.6 Å². The van der Waals surface area contributed by atoms with Gasteiger partial charge >= 0.3 is 0 Å². The highest BCUT2D eigenvalue weighted by Gasteiger charge is 2.36. The summed E-state index contributed by atoms with van der Waals surface area (Å²) >= 11 is 6.47. The first-order valence-electron chi connectivity index (χ1n) is 10.7. The van der Waals surface area contributed by atoms with Crippen molar-refractivity contribution in [3.05, 3.63) is 40.4 Å². The first kappa shape index (κ1) is 23.7. The van der Waals surface area contributed by atoms with Crippen LogP contribution in [0.2, 0.25) is 5.02 Å². The average Bonchev–Trinajstić information content (AvgIpc) is 3.45. The highest BCUT2D eigenvalue weighted by Crippen LogP contribution is 2.42. The zero-order chi connectivity index (χ0) is 23.9. The van der Waals surface area contributed by atoms with Gasteiger partial charge in [-0.1, -0.05) is 11.6 Å². The molecule has 0 bridgehead atoms. The average molecular weight is 495 g/mol. The van der Waals surface area contributed by atoms with Gasteiger partial charge < -0.3 is 19.1 Å². The molecular weight excluding hydrogens is 468 g/mol. The summed E-state index contributed by atoms with van der Waals surface area (Å²) in [5.41, 5.74) is 1.73. The fraction of sp³-hybridized carbons (Fsp3) is 0.435. The van der Waals surface area contributed by atoms with Crippen LogP contribution in [0.4, 0.5) is 5.69 Å². The van der Waals surface area contributed by atoms with Gasteiger partial charge in [-0.05, 0) is 56.0 Å². The molecule has 2 heterocycles. The molecule has 1 atom stereocenters. The minimum Gasteiger partial charge on any atom is -0.493 e. The Labute approximate surface area is 199 Å². The Morgan fingerprint density at radius 2 is 1.61 bits per heavy atom. The molecule has 1 amide bonds. The molecule has 8 nitrogen and oxygen atoms in total. The molecule has 33 heavy (non-hydrogen) atoms. The van der Waals surface area contributed by atoms with Gasteiger partial charge in [0.25, 0.3) is 5.91 Å². The molecule has 0 N–H and O–H groups in total. The number of benzene rings is 2. The lowest BCUT2D eigenvalue weighted by molar-refractivity contribution is 0.0980. The van der Waals surface area contributed by atoms with Crippen molar-refractivity contribution in [2.24, 2.45) is 0 Å². The summed E-state index contributed by atoms with van der Waals surface area (Å²) in [6, 6.07) is 6.21. The smallest absolute Gasteiger partial charge is 0.258 e. The molecule has 1 saturated heterocycles. The quantitative estimate of drug-likeness (QED) is 0.608. The maximum Gasteiger partial charge on any atom is 0.258 e. The topological polar surface area (TPSA) is 85.4 Å². The molecule has 0 radical (unpaired) electrons. The maximum atomic E-state index is 13.6. The Bertz CT molecular complexity index is 1170. The van der Waals surface area contributed by atoms with Crippen molar-refractivity contribution in [1.29, 1.82) is 0 Å². The molecule has 1 fully saturated rings. The molecular formula is C23H27ClN2O6S. The van der Waals surface area contributed by atoms with E-state index in [-0.39, 0.29) is 21.9 Å². The predicted molar refractivity (Wildman–Crippen MR) is 126 cm³/mol. The van der Waals surface area contributed by atoms with Gasteiger partial charge in [-0.15, -0.1) is 0 Å². The number of carbonyl (C=O) groups excluding carboxylic acids is 1. The van der Waals surface area contributed by atoms with Crippen molar-refractivity contribution in [3.63, 3.8) is 0 Å². The van der Waals surface area contributed by atoms with E-state index < -0.39 is 10.0 Å². The number of ether oxygens (including phenoxy) is 3. The van der Waals surface area contributed by atoms with Crippen molar-refractivity contribution >= 4 is 33.2 Å². The number of nitrogens with zero attached hydrogens (tertiary/aromatic N) is 2. The van der Waals surface area contributed by atoms with E-state index in [4.69, 9.17) is 25.8 Å². The van der Waals surface area contributed by atoms with E-state index in [0.29, 0.717) is 48.0 Å². The Balaban J connectivity index is 1.74. The molecule has 1 unspecified atom stereocenters. The van der Waals surface area contributed by atoms with Gasteiger partial charge in [-0.25, -0.2) is 8.42 Å². The zero-order valence-corrected chi connectivity index (χ0v) is 20.6. The van der Waals surface area contributed by atoms with Crippen molar-refractivity contribution < 1.29 is 27.4 Å². The summed E-state index contributed by atoms with van der Waals surface area (Å²) in [7, 11) is 0.799. The van der Waals surface area contributed by atoms with Crippen LogP contribution in [-0.2, 0) is 16.4 Å². The van der Waals surface area contributed by atoms with Crippen molar-refractivity contribution in [2.75, 3.05) is 39.3 Å². The number of fused-ring (bicyclic) bond motifs is 1. The normalized spacial score (nSPS) is 18.3. The van der Waals surface area contributed by atoms with E-state index in [0.717, 1.165) is 18.4 Å². The van der Waals surface area contributed by atoms with Crippen LogP contribution in [0, 0.1) is 0 Å². The maximum absolute atomic E-state index is 13.6. The van der Waals surface area contributed by atoms with Gasteiger partial charge in [0.2, 0.25) is 15.8 Å². The first-order valence-corrected chi connectivity index (χ1v) is 12.5. The van der Waals surface area contributed by atoms with Gasteiger partial charge in [0, 0.05) is 30.4 Å². The van der Waals surface area contributed by atoms with Crippen LogP contribution in [-0.4, -0.2) is 59.1 Å². The molecule has 2 aliphatic rings. The van der Waals surface area contributed by atoms with Crippen LogP contribution in [0.1, 0.15) is 35.7 Å². The molecule has 0 saturated carbocycles. The largest absolute Gasteiger partial charge is 0.493 e. The van der Waals surface area contributed by atoms with E-state index in [1.54, 1.807) is 29.2 Å². The summed E-state index contributed by atoms with van der Waals surface area (Å²) in [6.45, 7) is 2.91. The zero-order valence-electron chi connectivity index (χ0n) is 19.1. The second-order valence-electron chi connectivity index (χ2n) is 8.16. The SMILES string of the molecule is COc1cc(C(=O)N2c3cc(Cl)c(S(=O)(=O)N4CCCC4)cc3CC2C)cc(OC)c1OC. The molecule has 2 aromatic carbocycles. The number of hydrogen-bond acceptors (Lipinski definition) is 6. The standard InChI is InChI=1S/C23H27ClN2O6S/c1-14-9-15-12-21(33(28,29)25-7-5-6-8-25)17(24)13-18(15)26(14)23(27)16-10-19(30-2)22(32-4)20(11-16)31-3/h10-14H,5-9H2,1-4H3. The highest BCUT2D eigenvalue weighted by atomic mass is 35.5. The number of rotatable bonds is 6. The number of amides is 1.